The first kappa shape index (κ1) is 24.3. The van der Waals surface area contributed by atoms with E-state index < -0.39 is 6.09 Å². The zero-order valence-corrected chi connectivity index (χ0v) is 19.8. The number of benzene rings is 3. The molecule has 7 heteroatoms. The van der Waals surface area contributed by atoms with Crippen LogP contribution in [0.15, 0.2) is 96.1 Å². The fourth-order valence-corrected chi connectivity index (χ4v) is 4.56. The maximum Gasteiger partial charge on any atom is 0.411 e. The van der Waals surface area contributed by atoms with Crippen LogP contribution in [0.4, 0.5) is 4.79 Å². The third-order valence-electron chi connectivity index (χ3n) is 6.34. The molecule has 0 radical (unpaired) electrons. The lowest BCUT2D eigenvalue weighted by atomic mass is 9.91. The highest BCUT2D eigenvalue weighted by atomic mass is 16.6. The molecule has 35 heavy (non-hydrogen) atoms. The molecule has 0 bridgehead atoms. The number of carbonyl (C=O) groups excluding carboxylic acids is 1. The minimum Gasteiger partial charge on any atom is -0.445 e. The third-order valence-corrected chi connectivity index (χ3v) is 6.34. The second kappa shape index (κ2) is 12.1. The van der Waals surface area contributed by atoms with Crippen LogP contribution in [0.5, 0.6) is 0 Å². The Morgan fingerprint density at radius 1 is 1.00 bits per heavy atom. The first-order valence-corrected chi connectivity index (χ1v) is 11.9. The molecule has 1 aliphatic heterocycles. The van der Waals surface area contributed by atoms with Crippen LogP contribution in [-0.2, 0) is 22.6 Å². The number of hydrogen-bond donors (Lipinski definition) is 0. The Kier molecular flexibility index (Phi) is 8.39. The maximum absolute atomic E-state index is 13.6. The molecule has 180 valence electrons. The van der Waals surface area contributed by atoms with Crippen LogP contribution >= 0.6 is 0 Å². The Hall–Kier alpha value is -3.80. The lowest BCUT2D eigenvalue weighted by molar-refractivity contribution is -0.0905. The Labute approximate surface area is 205 Å². The van der Waals surface area contributed by atoms with E-state index in [-0.39, 0.29) is 30.9 Å². The van der Waals surface area contributed by atoms with E-state index in [0.717, 1.165) is 16.7 Å². The summed E-state index contributed by atoms with van der Waals surface area (Å²) in [7, 11) is 0. The molecule has 0 spiro atoms. The molecule has 7 nitrogen and oxygen atoms in total. The second-order valence-electron chi connectivity index (χ2n) is 8.74. The van der Waals surface area contributed by atoms with Gasteiger partial charge in [0.15, 0.2) is 0 Å². The van der Waals surface area contributed by atoms with Crippen molar-refractivity contribution in [3.05, 3.63) is 118 Å². The standard InChI is InChI=1S/C28H30N4O3/c1-21-25(30-31-29)17-18-26(35-21)27(24-15-9-4-10-16-24)32(19-22-11-5-2-6-12-22)28(33)34-20-23-13-7-3-8-14-23/h2-16,21,25-27H,17-20H2,1H3/t21?,25?,26-,27+/m0/s1. The fourth-order valence-electron chi connectivity index (χ4n) is 4.56. The molecule has 1 saturated heterocycles. The van der Waals surface area contributed by atoms with Crippen molar-refractivity contribution in [2.45, 2.75) is 57.2 Å². The fraction of sp³-hybridized carbons (Fsp3) is 0.321. The molecule has 1 amide bonds. The van der Waals surface area contributed by atoms with Gasteiger partial charge in [-0.1, -0.05) is 96.1 Å². The lowest BCUT2D eigenvalue weighted by Crippen LogP contribution is -2.46. The molecule has 3 aromatic carbocycles. The number of azide groups is 1. The van der Waals surface area contributed by atoms with Crippen LogP contribution in [0.25, 0.3) is 10.4 Å². The zero-order chi connectivity index (χ0) is 24.5. The molecule has 0 saturated carbocycles. The van der Waals surface area contributed by atoms with E-state index in [2.05, 4.69) is 10.0 Å². The Bertz CT molecular complexity index is 1120. The van der Waals surface area contributed by atoms with Crippen molar-refractivity contribution < 1.29 is 14.3 Å². The van der Waals surface area contributed by atoms with Gasteiger partial charge >= 0.3 is 6.09 Å². The highest BCUT2D eigenvalue weighted by Crippen LogP contribution is 2.36. The molecule has 3 aromatic rings. The summed E-state index contributed by atoms with van der Waals surface area (Å²) in [6.07, 6.45) is 0.419. The van der Waals surface area contributed by atoms with Crippen molar-refractivity contribution in [2.24, 2.45) is 5.11 Å². The summed E-state index contributed by atoms with van der Waals surface area (Å²) in [5.41, 5.74) is 11.8. The first-order chi connectivity index (χ1) is 17.2. The molecule has 1 aliphatic rings. The molecule has 4 atom stereocenters. The number of amides is 1. The SMILES string of the molecule is CC1O[C@H]([C@@H](c2ccccc2)N(Cc2ccccc2)C(=O)OCc2ccccc2)CCC1N=[N+]=[N-]. The topological polar surface area (TPSA) is 87.5 Å². The van der Waals surface area contributed by atoms with E-state index in [4.69, 9.17) is 15.0 Å². The van der Waals surface area contributed by atoms with Crippen LogP contribution in [0.2, 0.25) is 0 Å². The van der Waals surface area contributed by atoms with Crippen molar-refractivity contribution in [3.8, 4) is 0 Å². The molecule has 1 heterocycles. The molecule has 0 aliphatic carbocycles. The molecular weight excluding hydrogens is 440 g/mol. The van der Waals surface area contributed by atoms with Crippen molar-refractivity contribution in [1.29, 1.82) is 0 Å². The highest BCUT2D eigenvalue weighted by Gasteiger charge is 2.38. The van der Waals surface area contributed by atoms with Gasteiger partial charge in [-0.3, -0.25) is 4.90 Å². The number of hydrogen-bond acceptors (Lipinski definition) is 4. The monoisotopic (exact) mass is 470 g/mol. The number of carbonyl (C=O) groups is 1. The van der Waals surface area contributed by atoms with Gasteiger partial charge in [0.1, 0.15) is 6.61 Å². The van der Waals surface area contributed by atoms with E-state index in [9.17, 15) is 4.79 Å². The minimum atomic E-state index is -0.403. The molecule has 1 fully saturated rings. The number of ether oxygens (including phenoxy) is 2. The van der Waals surface area contributed by atoms with Gasteiger partial charge in [-0.15, -0.1) is 0 Å². The van der Waals surface area contributed by atoms with Crippen LogP contribution < -0.4 is 0 Å². The maximum atomic E-state index is 13.6. The molecular formula is C28H30N4O3. The van der Waals surface area contributed by atoms with Crippen LogP contribution in [0, 0.1) is 0 Å². The largest absolute Gasteiger partial charge is 0.445 e. The summed E-state index contributed by atoms with van der Waals surface area (Å²) in [5.74, 6) is 0. The van der Waals surface area contributed by atoms with Gasteiger partial charge < -0.3 is 9.47 Å². The quantitative estimate of drug-likeness (QED) is 0.206. The lowest BCUT2D eigenvalue weighted by Gasteiger charge is -2.41. The van der Waals surface area contributed by atoms with Gasteiger partial charge in [0.25, 0.3) is 0 Å². The van der Waals surface area contributed by atoms with Gasteiger partial charge in [0.2, 0.25) is 0 Å². The third kappa shape index (κ3) is 6.41. The number of rotatable bonds is 8. The van der Waals surface area contributed by atoms with Gasteiger partial charge in [0.05, 0.1) is 24.3 Å². The molecule has 4 rings (SSSR count). The Morgan fingerprint density at radius 3 is 2.20 bits per heavy atom. The summed E-state index contributed by atoms with van der Waals surface area (Å²) in [6.45, 7) is 2.48. The molecule has 2 unspecified atom stereocenters. The highest BCUT2D eigenvalue weighted by molar-refractivity contribution is 5.68. The summed E-state index contributed by atoms with van der Waals surface area (Å²) in [6, 6.07) is 28.9. The van der Waals surface area contributed by atoms with E-state index in [1.54, 1.807) is 4.90 Å². The summed E-state index contributed by atoms with van der Waals surface area (Å²) < 4.78 is 12.2. The van der Waals surface area contributed by atoms with E-state index in [0.29, 0.717) is 19.4 Å². The summed E-state index contributed by atoms with van der Waals surface area (Å²) in [4.78, 5) is 18.3. The van der Waals surface area contributed by atoms with Crippen LogP contribution in [0.3, 0.4) is 0 Å². The summed E-state index contributed by atoms with van der Waals surface area (Å²) >= 11 is 0. The zero-order valence-electron chi connectivity index (χ0n) is 19.8. The van der Waals surface area contributed by atoms with Gasteiger partial charge in [-0.2, -0.15) is 0 Å². The van der Waals surface area contributed by atoms with Gasteiger partial charge in [-0.05, 0) is 42.0 Å². The van der Waals surface area contributed by atoms with Crippen molar-refractivity contribution in [1.82, 2.24) is 4.90 Å². The van der Waals surface area contributed by atoms with Crippen molar-refractivity contribution >= 4 is 6.09 Å². The van der Waals surface area contributed by atoms with Crippen LogP contribution in [0.1, 0.15) is 42.5 Å². The average Bonchev–Trinajstić information content (AvgIpc) is 2.90. The van der Waals surface area contributed by atoms with E-state index in [1.165, 1.54) is 0 Å². The normalized spacial score (nSPS) is 20.3. The Balaban J connectivity index is 1.65. The van der Waals surface area contributed by atoms with E-state index in [1.807, 2.05) is 97.9 Å². The minimum absolute atomic E-state index is 0.188. The first-order valence-electron chi connectivity index (χ1n) is 11.9. The Morgan fingerprint density at radius 2 is 1.60 bits per heavy atom. The molecule has 0 N–H and O–H groups in total. The molecule has 0 aromatic heterocycles. The van der Waals surface area contributed by atoms with E-state index >= 15 is 0 Å². The van der Waals surface area contributed by atoms with Gasteiger partial charge in [-0.25, -0.2) is 4.79 Å². The number of nitrogens with zero attached hydrogens (tertiary/aromatic N) is 4. The predicted molar refractivity (Wildman–Crippen MR) is 134 cm³/mol. The predicted octanol–water partition coefficient (Wildman–Crippen LogP) is 6.81. The average molecular weight is 471 g/mol. The smallest absolute Gasteiger partial charge is 0.411 e. The van der Waals surface area contributed by atoms with Crippen molar-refractivity contribution in [3.63, 3.8) is 0 Å². The second-order valence-corrected chi connectivity index (χ2v) is 8.74. The summed E-state index contributed by atoms with van der Waals surface area (Å²) in [5, 5.41) is 3.89. The van der Waals surface area contributed by atoms with Gasteiger partial charge in [0, 0.05) is 11.5 Å². The van der Waals surface area contributed by atoms with Crippen LogP contribution in [-0.4, -0.2) is 29.2 Å². The van der Waals surface area contributed by atoms with Crippen molar-refractivity contribution in [2.75, 3.05) is 0 Å².